The molecule has 0 amide bonds. The molecule has 0 aliphatic carbocycles. The Labute approximate surface area is 98.0 Å². The van der Waals surface area contributed by atoms with E-state index in [9.17, 15) is 0 Å². The highest BCUT2D eigenvalue weighted by atomic mass is 32.1. The Bertz CT molecular complexity index is 360. The summed E-state index contributed by atoms with van der Waals surface area (Å²) in [5.41, 5.74) is 1.34. The van der Waals surface area contributed by atoms with Crippen LogP contribution in [0.25, 0.3) is 10.1 Å². The van der Waals surface area contributed by atoms with Gasteiger partial charge in [0, 0.05) is 4.70 Å². The summed E-state index contributed by atoms with van der Waals surface area (Å²) < 4.78 is 1.39. The zero-order valence-corrected chi connectivity index (χ0v) is 11.3. The second kappa shape index (κ2) is 8.49. The fourth-order valence-electron chi connectivity index (χ4n) is 1.06. The van der Waals surface area contributed by atoms with Gasteiger partial charge in [0.05, 0.1) is 0 Å². The van der Waals surface area contributed by atoms with Crippen molar-refractivity contribution in [1.29, 1.82) is 0 Å². The van der Waals surface area contributed by atoms with E-state index in [0.29, 0.717) is 0 Å². The quantitative estimate of drug-likeness (QED) is 0.540. The number of rotatable bonds is 0. The van der Waals surface area contributed by atoms with Crippen LogP contribution in [0.4, 0.5) is 0 Å². The van der Waals surface area contributed by atoms with Crippen LogP contribution < -0.4 is 0 Å². The van der Waals surface area contributed by atoms with E-state index in [-0.39, 0.29) is 0 Å². The summed E-state index contributed by atoms with van der Waals surface area (Å²) in [5, 5.41) is 3.49. The van der Waals surface area contributed by atoms with Crippen molar-refractivity contribution in [2.24, 2.45) is 0 Å². The van der Waals surface area contributed by atoms with Crippen molar-refractivity contribution in [2.75, 3.05) is 0 Å². The van der Waals surface area contributed by atoms with Crippen LogP contribution >= 0.6 is 11.3 Å². The lowest BCUT2D eigenvalue weighted by Gasteiger charge is -1.89. The molecule has 0 fully saturated rings. The van der Waals surface area contributed by atoms with E-state index in [0.717, 1.165) is 0 Å². The largest absolute Gasteiger partial charge is 0.144 e. The average Bonchev–Trinajstić information content (AvgIpc) is 2.69. The molecule has 15 heavy (non-hydrogen) atoms. The van der Waals surface area contributed by atoms with Gasteiger partial charge in [-0.2, -0.15) is 0 Å². The first-order valence-electron chi connectivity index (χ1n) is 5.71. The van der Waals surface area contributed by atoms with E-state index < -0.39 is 0 Å². The Balaban J connectivity index is 0.000000342. The van der Waals surface area contributed by atoms with Gasteiger partial charge in [-0.3, -0.25) is 0 Å². The van der Waals surface area contributed by atoms with Crippen LogP contribution in [0.2, 0.25) is 0 Å². The van der Waals surface area contributed by atoms with Crippen molar-refractivity contribution in [3.63, 3.8) is 0 Å². The van der Waals surface area contributed by atoms with Crippen LogP contribution in [-0.4, -0.2) is 0 Å². The molecule has 0 nitrogen and oxygen atoms in total. The zero-order valence-electron chi connectivity index (χ0n) is 10.5. The molecule has 84 valence electrons. The molecule has 0 bridgehead atoms. The summed E-state index contributed by atoms with van der Waals surface area (Å²) in [7, 11) is 0. The number of thiophene rings is 1. The Morgan fingerprint density at radius 2 is 1.67 bits per heavy atom. The topological polar surface area (TPSA) is 0 Å². The van der Waals surface area contributed by atoms with E-state index in [2.05, 4.69) is 50.4 Å². The molecule has 0 aliphatic rings. The summed E-state index contributed by atoms with van der Waals surface area (Å²) >= 11 is 1.80. The van der Waals surface area contributed by atoms with Crippen LogP contribution in [-0.2, 0) is 0 Å². The fraction of sp³-hybridized carbons (Fsp3) is 0.429. The standard InChI is InChI=1S/C9H8S.C3H8.C2H6/c1-7-2-3-8-4-5-10-9(8)6-7;1-3-2;1-2/h2-6H,1H3;3H2,1-2H3;1-2H3. The normalized spacial score (nSPS) is 8.60. The predicted octanol–water partition coefficient (Wildman–Crippen LogP) is 5.65. The molecule has 0 atom stereocenters. The lowest BCUT2D eigenvalue weighted by molar-refractivity contribution is 1.09. The molecular formula is C14H22S. The highest BCUT2D eigenvalue weighted by Crippen LogP contribution is 2.21. The maximum Gasteiger partial charge on any atom is 0.0345 e. The zero-order chi connectivity index (χ0) is 11.7. The monoisotopic (exact) mass is 222 g/mol. The van der Waals surface area contributed by atoms with Crippen molar-refractivity contribution >= 4 is 21.4 Å². The summed E-state index contributed by atoms with van der Waals surface area (Å²) in [6.07, 6.45) is 1.25. The Hall–Kier alpha value is -0.820. The molecule has 1 heterocycles. The van der Waals surface area contributed by atoms with Crippen LogP contribution in [0.5, 0.6) is 0 Å². The number of benzene rings is 1. The molecule has 0 saturated heterocycles. The van der Waals surface area contributed by atoms with Crippen LogP contribution in [0, 0.1) is 6.92 Å². The van der Waals surface area contributed by atoms with E-state index in [1.165, 1.54) is 22.1 Å². The molecule has 2 aromatic rings. The third kappa shape index (κ3) is 4.98. The van der Waals surface area contributed by atoms with Gasteiger partial charge < -0.3 is 0 Å². The second-order valence-corrected chi connectivity index (χ2v) is 4.12. The van der Waals surface area contributed by atoms with E-state index in [1.54, 1.807) is 11.3 Å². The number of fused-ring (bicyclic) bond motifs is 1. The molecule has 0 radical (unpaired) electrons. The Morgan fingerprint density at radius 3 is 2.27 bits per heavy atom. The van der Waals surface area contributed by atoms with Gasteiger partial charge in [-0.1, -0.05) is 46.2 Å². The molecule has 0 spiro atoms. The molecular weight excluding hydrogens is 200 g/mol. The number of hydrogen-bond acceptors (Lipinski definition) is 1. The molecule has 1 aromatic heterocycles. The van der Waals surface area contributed by atoms with E-state index >= 15 is 0 Å². The minimum absolute atomic E-state index is 1.25. The Kier molecular flexibility index (Phi) is 8.02. The lowest BCUT2D eigenvalue weighted by Crippen LogP contribution is -1.66. The van der Waals surface area contributed by atoms with E-state index in [4.69, 9.17) is 0 Å². The summed E-state index contributed by atoms with van der Waals surface area (Å²) in [4.78, 5) is 0. The molecule has 0 saturated carbocycles. The van der Waals surface area contributed by atoms with E-state index in [1.807, 2.05) is 13.8 Å². The summed E-state index contributed by atoms with van der Waals surface area (Å²) in [6, 6.07) is 8.69. The lowest BCUT2D eigenvalue weighted by atomic mass is 10.2. The SMILES string of the molecule is CC.CCC.Cc1ccc2ccsc2c1. The van der Waals surface area contributed by atoms with Crippen molar-refractivity contribution in [1.82, 2.24) is 0 Å². The third-order valence-corrected chi connectivity index (χ3v) is 2.49. The molecule has 2 rings (SSSR count). The fourth-order valence-corrected chi connectivity index (χ4v) is 1.95. The first kappa shape index (κ1) is 14.2. The summed E-state index contributed by atoms with van der Waals surface area (Å²) in [5.74, 6) is 0. The van der Waals surface area contributed by atoms with Crippen molar-refractivity contribution in [3.05, 3.63) is 35.2 Å². The van der Waals surface area contributed by atoms with Gasteiger partial charge in [0.15, 0.2) is 0 Å². The minimum Gasteiger partial charge on any atom is -0.144 e. The smallest absolute Gasteiger partial charge is 0.0345 e. The van der Waals surface area contributed by atoms with Gasteiger partial charge in [-0.15, -0.1) is 11.3 Å². The molecule has 1 heteroatoms. The second-order valence-electron chi connectivity index (χ2n) is 3.17. The Morgan fingerprint density at radius 1 is 1.07 bits per heavy atom. The third-order valence-electron chi connectivity index (χ3n) is 1.61. The number of aryl methyl sites for hydroxylation is 1. The highest BCUT2D eigenvalue weighted by Gasteiger charge is 1.91. The average molecular weight is 222 g/mol. The molecule has 0 N–H and O–H groups in total. The van der Waals surface area contributed by atoms with Gasteiger partial charge >= 0.3 is 0 Å². The van der Waals surface area contributed by atoms with Gasteiger partial charge in [-0.05, 0) is 35.4 Å². The van der Waals surface area contributed by atoms with Gasteiger partial charge in [0.1, 0.15) is 0 Å². The first-order chi connectivity index (χ1) is 7.27. The van der Waals surface area contributed by atoms with Crippen molar-refractivity contribution in [3.8, 4) is 0 Å². The first-order valence-corrected chi connectivity index (χ1v) is 6.59. The minimum atomic E-state index is 1.25. The number of hydrogen-bond donors (Lipinski definition) is 0. The van der Waals surface area contributed by atoms with Crippen LogP contribution in [0.3, 0.4) is 0 Å². The van der Waals surface area contributed by atoms with Gasteiger partial charge in [-0.25, -0.2) is 0 Å². The highest BCUT2D eigenvalue weighted by molar-refractivity contribution is 7.17. The summed E-state index contributed by atoms with van der Waals surface area (Å²) in [6.45, 7) is 10.4. The van der Waals surface area contributed by atoms with Crippen LogP contribution in [0.15, 0.2) is 29.6 Å². The molecule has 1 aromatic carbocycles. The van der Waals surface area contributed by atoms with Gasteiger partial charge in [0.2, 0.25) is 0 Å². The predicted molar refractivity (Wildman–Crippen MR) is 73.9 cm³/mol. The molecule has 0 aliphatic heterocycles. The van der Waals surface area contributed by atoms with Gasteiger partial charge in [0.25, 0.3) is 0 Å². The maximum absolute atomic E-state index is 2.22. The van der Waals surface area contributed by atoms with Crippen LogP contribution in [0.1, 0.15) is 39.7 Å². The molecule has 0 unspecified atom stereocenters. The maximum atomic E-state index is 2.22. The van der Waals surface area contributed by atoms with Crippen molar-refractivity contribution < 1.29 is 0 Å². The van der Waals surface area contributed by atoms with Crippen molar-refractivity contribution in [2.45, 2.75) is 41.0 Å².